The van der Waals surface area contributed by atoms with Crippen molar-refractivity contribution in [2.45, 2.75) is 32.4 Å². The topological polar surface area (TPSA) is 38.5 Å². The van der Waals surface area contributed by atoms with Crippen LogP contribution >= 0.6 is 0 Å². The molecule has 0 aromatic heterocycles. The summed E-state index contributed by atoms with van der Waals surface area (Å²) < 4.78 is 19.5. The van der Waals surface area contributed by atoms with Crippen molar-refractivity contribution in [2.75, 3.05) is 24.6 Å². The van der Waals surface area contributed by atoms with Gasteiger partial charge in [-0.1, -0.05) is 6.07 Å². The SMILES string of the molecule is CC1CN(c2cccc(F)c2CCN)C(C)CO1. The van der Waals surface area contributed by atoms with Crippen molar-refractivity contribution in [3.63, 3.8) is 0 Å². The molecule has 0 spiro atoms. The van der Waals surface area contributed by atoms with Crippen LogP contribution < -0.4 is 10.6 Å². The van der Waals surface area contributed by atoms with E-state index in [4.69, 9.17) is 10.5 Å². The van der Waals surface area contributed by atoms with Crippen molar-refractivity contribution in [1.29, 1.82) is 0 Å². The Morgan fingerprint density at radius 1 is 1.44 bits per heavy atom. The van der Waals surface area contributed by atoms with Crippen LogP contribution in [0, 0.1) is 5.82 Å². The number of anilines is 1. The summed E-state index contributed by atoms with van der Waals surface area (Å²) in [5, 5.41) is 0. The van der Waals surface area contributed by atoms with Gasteiger partial charge in [0, 0.05) is 23.8 Å². The number of ether oxygens (including phenoxy) is 1. The molecular formula is C14H21FN2O. The zero-order valence-electron chi connectivity index (χ0n) is 11.0. The van der Waals surface area contributed by atoms with Crippen LogP contribution in [0.15, 0.2) is 18.2 Å². The lowest BCUT2D eigenvalue weighted by atomic mass is 10.0. The molecule has 1 heterocycles. The summed E-state index contributed by atoms with van der Waals surface area (Å²) in [5.41, 5.74) is 7.26. The Morgan fingerprint density at radius 3 is 2.94 bits per heavy atom. The molecule has 0 aliphatic carbocycles. The van der Waals surface area contributed by atoms with Crippen molar-refractivity contribution in [1.82, 2.24) is 0 Å². The highest BCUT2D eigenvalue weighted by Crippen LogP contribution is 2.27. The highest BCUT2D eigenvalue weighted by atomic mass is 19.1. The molecule has 1 aliphatic heterocycles. The molecule has 1 fully saturated rings. The van der Waals surface area contributed by atoms with Crippen molar-refractivity contribution < 1.29 is 9.13 Å². The average molecular weight is 252 g/mol. The predicted molar refractivity (Wildman–Crippen MR) is 71.4 cm³/mol. The van der Waals surface area contributed by atoms with Crippen molar-refractivity contribution in [2.24, 2.45) is 5.73 Å². The highest BCUT2D eigenvalue weighted by molar-refractivity contribution is 5.55. The van der Waals surface area contributed by atoms with Gasteiger partial charge < -0.3 is 15.4 Å². The summed E-state index contributed by atoms with van der Waals surface area (Å²) in [5.74, 6) is -0.163. The smallest absolute Gasteiger partial charge is 0.128 e. The monoisotopic (exact) mass is 252 g/mol. The van der Waals surface area contributed by atoms with E-state index in [9.17, 15) is 4.39 Å². The Morgan fingerprint density at radius 2 is 2.22 bits per heavy atom. The molecule has 1 aliphatic rings. The van der Waals surface area contributed by atoms with Crippen LogP contribution in [-0.2, 0) is 11.2 Å². The molecule has 0 saturated carbocycles. The van der Waals surface area contributed by atoms with Crippen LogP contribution in [0.4, 0.5) is 10.1 Å². The Labute approximate surface area is 108 Å². The number of rotatable bonds is 3. The average Bonchev–Trinajstić information content (AvgIpc) is 2.35. The molecule has 100 valence electrons. The van der Waals surface area contributed by atoms with E-state index in [-0.39, 0.29) is 18.0 Å². The van der Waals surface area contributed by atoms with Crippen molar-refractivity contribution in [3.8, 4) is 0 Å². The molecule has 3 nitrogen and oxygen atoms in total. The van der Waals surface area contributed by atoms with Crippen LogP contribution in [0.1, 0.15) is 19.4 Å². The van der Waals surface area contributed by atoms with E-state index in [2.05, 4.69) is 11.8 Å². The van der Waals surface area contributed by atoms with E-state index in [1.165, 1.54) is 6.07 Å². The summed E-state index contributed by atoms with van der Waals surface area (Å²) >= 11 is 0. The third-order valence-corrected chi connectivity index (χ3v) is 3.41. The van der Waals surface area contributed by atoms with E-state index in [0.29, 0.717) is 19.6 Å². The second kappa shape index (κ2) is 5.67. The van der Waals surface area contributed by atoms with Crippen LogP contribution in [0.2, 0.25) is 0 Å². The van der Waals surface area contributed by atoms with E-state index in [1.54, 1.807) is 6.07 Å². The number of hydrogen-bond acceptors (Lipinski definition) is 3. The minimum absolute atomic E-state index is 0.163. The molecule has 2 rings (SSSR count). The van der Waals surface area contributed by atoms with Gasteiger partial charge in [0.2, 0.25) is 0 Å². The van der Waals surface area contributed by atoms with Gasteiger partial charge in [0.05, 0.1) is 12.7 Å². The van der Waals surface area contributed by atoms with Crippen LogP contribution in [-0.4, -0.2) is 31.8 Å². The van der Waals surface area contributed by atoms with Crippen LogP contribution in [0.3, 0.4) is 0 Å². The predicted octanol–water partition coefficient (Wildman–Crippen LogP) is 1.94. The fourth-order valence-corrected chi connectivity index (χ4v) is 2.45. The Kier molecular flexibility index (Phi) is 4.19. The zero-order chi connectivity index (χ0) is 13.1. The first-order valence-corrected chi connectivity index (χ1v) is 6.49. The zero-order valence-corrected chi connectivity index (χ0v) is 11.0. The lowest BCUT2D eigenvalue weighted by Crippen LogP contribution is -2.47. The number of halogens is 1. The normalized spacial score (nSPS) is 24.3. The molecule has 1 saturated heterocycles. The van der Waals surface area contributed by atoms with Gasteiger partial charge >= 0.3 is 0 Å². The molecule has 18 heavy (non-hydrogen) atoms. The van der Waals surface area contributed by atoms with Gasteiger partial charge in [0.25, 0.3) is 0 Å². The van der Waals surface area contributed by atoms with E-state index in [1.807, 2.05) is 13.0 Å². The minimum atomic E-state index is -0.163. The first kappa shape index (κ1) is 13.3. The van der Waals surface area contributed by atoms with Crippen LogP contribution in [0.5, 0.6) is 0 Å². The third-order valence-electron chi connectivity index (χ3n) is 3.41. The lowest BCUT2D eigenvalue weighted by Gasteiger charge is -2.39. The maximum Gasteiger partial charge on any atom is 0.128 e. The van der Waals surface area contributed by atoms with E-state index in [0.717, 1.165) is 17.8 Å². The third kappa shape index (κ3) is 2.65. The molecule has 1 aromatic rings. The fourth-order valence-electron chi connectivity index (χ4n) is 2.45. The second-order valence-electron chi connectivity index (χ2n) is 4.92. The highest BCUT2D eigenvalue weighted by Gasteiger charge is 2.25. The molecule has 2 atom stereocenters. The Bertz CT molecular complexity index is 411. The summed E-state index contributed by atoms with van der Waals surface area (Å²) in [6, 6.07) is 5.50. The molecule has 0 amide bonds. The van der Waals surface area contributed by atoms with Crippen LogP contribution in [0.25, 0.3) is 0 Å². The van der Waals surface area contributed by atoms with Crippen molar-refractivity contribution in [3.05, 3.63) is 29.6 Å². The summed E-state index contributed by atoms with van der Waals surface area (Å²) in [4.78, 5) is 2.22. The van der Waals surface area contributed by atoms with Gasteiger partial charge in [-0.2, -0.15) is 0 Å². The number of hydrogen-bond donors (Lipinski definition) is 1. The molecule has 2 N–H and O–H groups in total. The summed E-state index contributed by atoms with van der Waals surface area (Å²) in [6.45, 7) is 6.08. The number of benzene rings is 1. The van der Waals surface area contributed by atoms with Gasteiger partial charge in [-0.15, -0.1) is 0 Å². The van der Waals surface area contributed by atoms with Gasteiger partial charge in [0.1, 0.15) is 5.82 Å². The van der Waals surface area contributed by atoms with E-state index < -0.39 is 0 Å². The van der Waals surface area contributed by atoms with E-state index >= 15 is 0 Å². The van der Waals surface area contributed by atoms with Gasteiger partial charge in [0.15, 0.2) is 0 Å². The first-order valence-electron chi connectivity index (χ1n) is 6.49. The molecule has 2 unspecified atom stereocenters. The maximum absolute atomic E-state index is 13.9. The fraction of sp³-hybridized carbons (Fsp3) is 0.571. The largest absolute Gasteiger partial charge is 0.375 e. The van der Waals surface area contributed by atoms with Gasteiger partial charge in [-0.05, 0) is 38.9 Å². The van der Waals surface area contributed by atoms with Gasteiger partial charge in [-0.3, -0.25) is 0 Å². The Hall–Kier alpha value is -1.13. The molecule has 0 bridgehead atoms. The lowest BCUT2D eigenvalue weighted by molar-refractivity contribution is 0.0343. The number of nitrogens with zero attached hydrogens (tertiary/aromatic N) is 1. The Balaban J connectivity index is 2.33. The second-order valence-corrected chi connectivity index (χ2v) is 4.92. The molecule has 0 radical (unpaired) electrons. The summed E-state index contributed by atoms with van der Waals surface area (Å²) in [6.07, 6.45) is 0.746. The minimum Gasteiger partial charge on any atom is -0.375 e. The summed E-state index contributed by atoms with van der Waals surface area (Å²) in [7, 11) is 0. The van der Waals surface area contributed by atoms with Gasteiger partial charge in [-0.25, -0.2) is 4.39 Å². The number of morpholine rings is 1. The standard InChI is InChI=1S/C14H21FN2O/c1-10-9-18-11(2)8-17(10)14-5-3-4-13(15)12(14)6-7-16/h3-5,10-11H,6-9,16H2,1-2H3. The molecule has 1 aromatic carbocycles. The number of nitrogens with two attached hydrogens (primary N) is 1. The molecule has 4 heteroatoms. The maximum atomic E-state index is 13.9. The quantitative estimate of drug-likeness (QED) is 0.893. The van der Waals surface area contributed by atoms with Crippen molar-refractivity contribution >= 4 is 5.69 Å². The first-order chi connectivity index (χ1) is 8.63. The molecular weight excluding hydrogens is 231 g/mol.